The van der Waals surface area contributed by atoms with Crippen LogP contribution in [0.15, 0.2) is 41.3 Å². The summed E-state index contributed by atoms with van der Waals surface area (Å²) in [4.78, 5) is 12.6. The molecule has 25 heavy (non-hydrogen) atoms. The largest absolute Gasteiger partial charge is 0.485 e. The molecule has 2 atom stereocenters. The highest BCUT2D eigenvalue weighted by Crippen LogP contribution is 2.41. The standard InChI is InChI=1S/C19H20N2O4/c1-19(2)18(24)17(14-9-13(11-20)3-4-15(14)25-19)21-7-5-12(6-8-22)10-16(21)23/h3-5,7,9-10,17-18,22,24H,6,8H2,1-2H3. The monoisotopic (exact) mass is 340 g/mol. The smallest absolute Gasteiger partial charge is 0.251 e. The summed E-state index contributed by atoms with van der Waals surface area (Å²) in [6.45, 7) is 3.48. The Bertz CT molecular complexity index is 895. The fourth-order valence-corrected chi connectivity index (χ4v) is 3.18. The van der Waals surface area contributed by atoms with Gasteiger partial charge in [-0.25, -0.2) is 0 Å². The number of hydrogen-bond acceptors (Lipinski definition) is 5. The second-order valence-corrected chi connectivity index (χ2v) is 6.71. The first kappa shape index (κ1) is 17.2. The van der Waals surface area contributed by atoms with Gasteiger partial charge in [-0.05, 0) is 50.1 Å². The van der Waals surface area contributed by atoms with Crippen molar-refractivity contribution in [3.63, 3.8) is 0 Å². The van der Waals surface area contributed by atoms with Gasteiger partial charge in [0.25, 0.3) is 5.56 Å². The van der Waals surface area contributed by atoms with Gasteiger partial charge in [-0.1, -0.05) is 0 Å². The molecule has 0 spiro atoms. The van der Waals surface area contributed by atoms with Crippen LogP contribution in [-0.2, 0) is 6.42 Å². The number of aliphatic hydroxyl groups is 2. The second-order valence-electron chi connectivity index (χ2n) is 6.71. The van der Waals surface area contributed by atoms with Gasteiger partial charge in [0.05, 0.1) is 17.7 Å². The van der Waals surface area contributed by atoms with Crippen LogP contribution in [0.3, 0.4) is 0 Å². The molecule has 0 bridgehead atoms. The van der Waals surface area contributed by atoms with Gasteiger partial charge in [0.2, 0.25) is 0 Å². The molecule has 1 aromatic carbocycles. The molecule has 2 heterocycles. The fraction of sp³-hybridized carbons (Fsp3) is 0.368. The third kappa shape index (κ3) is 3.04. The number of aromatic nitrogens is 1. The zero-order valence-corrected chi connectivity index (χ0v) is 14.1. The minimum atomic E-state index is -0.977. The summed E-state index contributed by atoms with van der Waals surface area (Å²) in [5.41, 5.74) is 0.596. The SMILES string of the molecule is CC1(C)Oc2ccc(C#N)cc2C(n2ccc(CCO)cc2=O)C1O. The van der Waals surface area contributed by atoms with Gasteiger partial charge in [-0.15, -0.1) is 0 Å². The number of benzene rings is 1. The number of nitriles is 1. The van der Waals surface area contributed by atoms with Crippen molar-refractivity contribution in [2.24, 2.45) is 0 Å². The molecule has 130 valence electrons. The quantitative estimate of drug-likeness (QED) is 0.880. The molecule has 0 aliphatic carbocycles. The van der Waals surface area contributed by atoms with E-state index < -0.39 is 17.7 Å². The van der Waals surface area contributed by atoms with E-state index in [2.05, 4.69) is 6.07 Å². The summed E-state index contributed by atoms with van der Waals surface area (Å²) in [5, 5.41) is 29.1. The highest BCUT2D eigenvalue weighted by Gasteiger charge is 2.44. The molecule has 1 aliphatic rings. The predicted octanol–water partition coefficient (Wildman–Crippen LogP) is 1.38. The van der Waals surface area contributed by atoms with Crippen molar-refractivity contribution in [3.8, 4) is 11.8 Å². The molecule has 2 N–H and O–H groups in total. The number of hydrogen-bond donors (Lipinski definition) is 2. The van der Waals surface area contributed by atoms with E-state index in [-0.39, 0.29) is 12.2 Å². The molecule has 2 aromatic rings. The Labute approximate surface area is 145 Å². The maximum absolute atomic E-state index is 12.6. The number of ether oxygens (including phenoxy) is 1. The van der Waals surface area contributed by atoms with Crippen molar-refractivity contribution in [3.05, 3.63) is 63.6 Å². The van der Waals surface area contributed by atoms with Crippen LogP contribution in [0.25, 0.3) is 0 Å². The van der Waals surface area contributed by atoms with Crippen molar-refractivity contribution < 1.29 is 14.9 Å². The second kappa shape index (κ2) is 6.36. The van der Waals surface area contributed by atoms with E-state index in [0.717, 1.165) is 5.56 Å². The number of aliphatic hydroxyl groups excluding tert-OH is 2. The third-order valence-electron chi connectivity index (χ3n) is 4.55. The van der Waals surface area contributed by atoms with E-state index in [1.807, 2.05) is 0 Å². The molecular formula is C19H20N2O4. The molecule has 3 rings (SSSR count). The average Bonchev–Trinajstić information content (AvgIpc) is 2.57. The van der Waals surface area contributed by atoms with Crippen molar-refractivity contribution in [2.45, 2.75) is 38.0 Å². The summed E-state index contributed by atoms with van der Waals surface area (Å²) in [6.07, 6.45) is 1.04. The van der Waals surface area contributed by atoms with Gasteiger partial charge >= 0.3 is 0 Å². The van der Waals surface area contributed by atoms with Crippen molar-refractivity contribution in [1.29, 1.82) is 5.26 Å². The Hall–Kier alpha value is -2.62. The Morgan fingerprint density at radius 2 is 2.08 bits per heavy atom. The Morgan fingerprint density at radius 3 is 2.72 bits per heavy atom. The predicted molar refractivity (Wildman–Crippen MR) is 91.5 cm³/mol. The summed E-state index contributed by atoms with van der Waals surface area (Å²) >= 11 is 0. The van der Waals surface area contributed by atoms with Gasteiger partial charge in [-0.2, -0.15) is 5.26 Å². The lowest BCUT2D eigenvalue weighted by Crippen LogP contribution is -2.52. The molecule has 0 radical (unpaired) electrons. The van der Waals surface area contributed by atoms with Gasteiger partial charge < -0.3 is 19.5 Å². The summed E-state index contributed by atoms with van der Waals surface area (Å²) < 4.78 is 7.33. The highest BCUT2D eigenvalue weighted by atomic mass is 16.5. The van der Waals surface area contributed by atoms with Crippen molar-refractivity contribution in [2.75, 3.05) is 6.61 Å². The van der Waals surface area contributed by atoms with Gasteiger partial charge in [0.15, 0.2) is 0 Å². The van der Waals surface area contributed by atoms with Crippen LogP contribution in [-0.4, -0.2) is 33.1 Å². The van der Waals surface area contributed by atoms with Crippen LogP contribution in [0.2, 0.25) is 0 Å². The molecule has 0 fully saturated rings. The lowest BCUT2D eigenvalue weighted by atomic mass is 9.85. The number of nitrogens with zero attached hydrogens (tertiary/aromatic N) is 2. The van der Waals surface area contributed by atoms with Crippen molar-refractivity contribution in [1.82, 2.24) is 4.57 Å². The summed E-state index contributed by atoms with van der Waals surface area (Å²) in [7, 11) is 0. The van der Waals surface area contributed by atoms with E-state index in [1.54, 1.807) is 44.3 Å². The van der Waals surface area contributed by atoms with Crippen LogP contribution >= 0.6 is 0 Å². The van der Waals surface area contributed by atoms with E-state index in [1.165, 1.54) is 10.6 Å². The number of pyridine rings is 1. The molecule has 0 amide bonds. The normalized spacial score (nSPS) is 21.1. The molecule has 6 nitrogen and oxygen atoms in total. The average molecular weight is 340 g/mol. The van der Waals surface area contributed by atoms with Crippen LogP contribution < -0.4 is 10.3 Å². The zero-order valence-electron chi connectivity index (χ0n) is 14.1. The Kier molecular flexibility index (Phi) is 4.38. The van der Waals surface area contributed by atoms with E-state index in [0.29, 0.717) is 23.3 Å². The molecule has 6 heteroatoms. The van der Waals surface area contributed by atoms with Gasteiger partial charge in [0.1, 0.15) is 17.5 Å². The van der Waals surface area contributed by atoms with E-state index >= 15 is 0 Å². The van der Waals surface area contributed by atoms with E-state index in [4.69, 9.17) is 15.1 Å². The molecule has 0 saturated heterocycles. The topological polar surface area (TPSA) is 95.5 Å². The number of rotatable bonds is 3. The minimum Gasteiger partial charge on any atom is -0.485 e. The van der Waals surface area contributed by atoms with Crippen LogP contribution in [0.1, 0.15) is 36.6 Å². The third-order valence-corrected chi connectivity index (χ3v) is 4.55. The highest BCUT2D eigenvalue weighted by molar-refractivity contribution is 5.46. The summed E-state index contributed by atoms with van der Waals surface area (Å²) in [5.74, 6) is 0.547. The van der Waals surface area contributed by atoms with E-state index in [9.17, 15) is 9.90 Å². The Morgan fingerprint density at radius 1 is 1.32 bits per heavy atom. The first-order chi connectivity index (χ1) is 11.9. The number of fused-ring (bicyclic) bond motifs is 1. The maximum Gasteiger partial charge on any atom is 0.251 e. The lowest BCUT2D eigenvalue weighted by Gasteiger charge is -2.42. The van der Waals surface area contributed by atoms with Crippen LogP contribution in [0.5, 0.6) is 5.75 Å². The summed E-state index contributed by atoms with van der Waals surface area (Å²) in [6, 6.07) is 9.61. The molecule has 0 saturated carbocycles. The zero-order chi connectivity index (χ0) is 18.2. The fourth-order valence-electron chi connectivity index (χ4n) is 3.18. The van der Waals surface area contributed by atoms with Crippen molar-refractivity contribution >= 4 is 0 Å². The first-order valence-corrected chi connectivity index (χ1v) is 8.10. The Balaban J connectivity index is 2.17. The molecule has 1 aromatic heterocycles. The molecular weight excluding hydrogens is 320 g/mol. The van der Waals surface area contributed by atoms with Gasteiger partial charge in [-0.3, -0.25) is 4.79 Å². The van der Waals surface area contributed by atoms with Gasteiger partial charge in [0, 0.05) is 24.4 Å². The van der Waals surface area contributed by atoms with Crippen LogP contribution in [0, 0.1) is 11.3 Å². The first-order valence-electron chi connectivity index (χ1n) is 8.10. The minimum absolute atomic E-state index is 0.0370. The molecule has 1 aliphatic heterocycles. The molecule has 2 unspecified atom stereocenters. The van der Waals surface area contributed by atoms with Crippen LogP contribution in [0.4, 0.5) is 0 Å². The maximum atomic E-state index is 12.6. The lowest BCUT2D eigenvalue weighted by molar-refractivity contribution is -0.0642.